The summed E-state index contributed by atoms with van der Waals surface area (Å²) >= 11 is 0. The maximum atomic E-state index is 12.9. The fraction of sp³-hybridized carbons (Fsp3) is 0.450. The SMILES string of the molecule is CCN(CC)S(=O)(=O)c1cc(NC(=O)[C@H](C)N(C)Cc2ccco2)ccc1C. The zero-order valence-electron chi connectivity index (χ0n) is 17.1. The maximum Gasteiger partial charge on any atom is 0.243 e. The van der Waals surface area contributed by atoms with Crippen molar-refractivity contribution in [2.24, 2.45) is 0 Å². The highest BCUT2D eigenvalue weighted by atomic mass is 32.2. The summed E-state index contributed by atoms with van der Waals surface area (Å²) in [6.45, 7) is 8.43. The summed E-state index contributed by atoms with van der Waals surface area (Å²) in [5.41, 5.74) is 1.10. The first-order valence-electron chi connectivity index (χ1n) is 9.35. The Labute approximate surface area is 167 Å². The number of sulfonamides is 1. The number of hydrogen-bond donors (Lipinski definition) is 1. The first kappa shape index (κ1) is 22.1. The Kier molecular flexibility index (Phi) is 7.40. The molecule has 154 valence electrons. The van der Waals surface area contributed by atoms with Crippen LogP contribution in [-0.2, 0) is 21.4 Å². The van der Waals surface area contributed by atoms with Gasteiger partial charge in [0, 0.05) is 18.8 Å². The molecule has 0 bridgehead atoms. The van der Waals surface area contributed by atoms with Crippen LogP contribution in [0.4, 0.5) is 5.69 Å². The number of amides is 1. The number of likely N-dealkylation sites (N-methyl/N-ethyl adjacent to an activating group) is 1. The summed E-state index contributed by atoms with van der Waals surface area (Å²) in [6.07, 6.45) is 1.60. The molecule has 1 aromatic carbocycles. The molecule has 1 aromatic heterocycles. The Morgan fingerprint density at radius 2 is 1.89 bits per heavy atom. The molecule has 0 radical (unpaired) electrons. The predicted octanol–water partition coefficient (Wildman–Crippen LogP) is 3.08. The number of benzene rings is 1. The van der Waals surface area contributed by atoms with Crippen LogP contribution >= 0.6 is 0 Å². The molecule has 0 unspecified atom stereocenters. The first-order valence-corrected chi connectivity index (χ1v) is 10.8. The van der Waals surface area contributed by atoms with E-state index in [1.807, 2.05) is 18.0 Å². The van der Waals surface area contributed by atoms with Crippen molar-refractivity contribution >= 4 is 21.6 Å². The highest BCUT2D eigenvalue weighted by Gasteiger charge is 2.25. The molecule has 1 atom stereocenters. The average Bonchev–Trinajstić information content (AvgIpc) is 3.16. The number of nitrogens with one attached hydrogen (secondary N) is 1. The summed E-state index contributed by atoms with van der Waals surface area (Å²) in [6, 6.07) is 8.19. The molecule has 7 nitrogen and oxygen atoms in total. The van der Waals surface area contributed by atoms with Crippen LogP contribution < -0.4 is 5.32 Å². The van der Waals surface area contributed by atoms with Gasteiger partial charge in [-0.2, -0.15) is 4.31 Å². The molecule has 0 saturated carbocycles. The van der Waals surface area contributed by atoms with Crippen LogP contribution in [0.3, 0.4) is 0 Å². The first-order chi connectivity index (χ1) is 13.2. The lowest BCUT2D eigenvalue weighted by molar-refractivity contribution is -0.120. The van der Waals surface area contributed by atoms with Crippen molar-refractivity contribution in [1.82, 2.24) is 9.21 Å². The molecule has 8 heteroatoms. The standard InChI is InChI=1S/C20H29N3O4S/c1-6-23(7-2)28(25,26)19-13-17(11-10-15(19)3)21-20(24)16(4)22(5)14-18-9-8-12-27-18/h8-13,16H,6-7,14H2,1-5H3,(H,21,24)/t16-/m0/s1. The van der Waals surface area contributed by atoms with Gasteiger partial charge in [-0.05, 0) is 50.7 Å². The number of carbonyl (C=O) groups is 1. The molecule has 0 aliphatic rings. The zero-order chi connectivity index (χ0) is 20.9. The topological polar surface area (TPSA) is 82.9 Å². The highest BCUT2D eigenvalue weighted by molar-refractivity contribution is 7.89. The van der Waals surface area contributed by atoms with Gasteiger partial charge in [0.2, 0.25) is 15.9 Å². The molecule has 0 spiro atoms. The van der Waals surface area contributed by atoms with E-state index in [4.69, 9.17) is 4.42 Å². The molecule has 2 rings (SSSR count). The molecular formula is C20H29N3O4S. The largest absolute Gasteiger partial charge is 0.468 e. The maximum absolute atomic E-state index is 12.9. The summed E-state index contributed by atoms with van der Waals surface area (Å²) in [7, 11) is -1.77. The van der Waals surface area contributed by atoms with Gasteiger partial charge in [-0.3, -0.25) is 9.69 Å². The van der Waals surface area contributed by atoms with E-state index >= 15 is 0 Å². The van der Waals surface area contributed by atoms with Gasteiger partial charge >= 0.3 is 0 Å². The quantitative estimate of drug-likeness (QED) is 0.691. The molecule has 0 aliphatic carbocycles. The van der Waals surface area contributed by atoms with E-state index in [-0.39, 0.29) is 10.8 Å². The van der Waals surface area contributed by atoms with Gasteiger partial charge in [0.25, 0.3) is 0 Å². The lowest BCUT2D eigenvalue weighted by Gasteiger charge is -2.23. The van der Waals surface area contributed by atoms with E-state index in [0.717, 1.165) is 5.76 Å². The second-order valence-corrected chi connectivity index (χ2v) is 8.64. The fourth-order valence-corrected chi connectivity index (χ4v) is 4.60. The monoisotopic (exact) mass is 407 g/mol. The lowest BCUT2D eigenvalue weighted by atomic mass is 10.2. The molecular weight excluding hydrogens is 378 g/mol. The Morgan fingerprint density at radius 3 is 2.46 bits per heavy atom. The number of aryl methyl sites for hydroxylation is 1. The van der Waals surface area contributed by atoms with Gasteiger partial charge in [0.05, 0.1) is 23.7 Å². The van der Waals surface area contributed by atoms with Gasteiger partial charge < -0.3 is 9.73 Å². The highest BCUT2D eigenvalue weighted by Crippen LogP contribution is 2.24. The Hall–Kier alpha value is -2.16. The van der Waals surface area contributed by atoms with Crippen LogP contribution in [-0.4, -0.2) is 49.7 Å². The van der Waals surface area contributed by atoms with E-state index in [1.54, 1.807) is 52.2 Å². The van der Waals surface area contributed by atoms with Crippen molar-refractivity contribution in [1.29, 1.82) is 0 Å². The molecule has 1 heterocycles. The number of furan rings is 1. The summed E-state index contributed by atoms with van der Waals surface area (Å²) in [5.74, 6) is 0.550. The minimum Gasteiger partial charge on any atom is -0.468 e. The van der Waals surface area contributed by atoms with Crippen molar-refractivity contribution in [3.8, 4) is 0 Å². The van der Waals surface area contributed by atoms with Crippen molar-refractivity contribution in [2.75, 3.05) is 25.5 Å². The van der Waals surface area contributed by atoms with Crippen LogP contribution in [0.1, 0.15) is 32.1 Å². The van der Waals surface area contributed by atoms with Gasteiger partial charge in [0.1, 0.15) is 5.76 Å². The van der Waals surface area contributed by atoms with E-state index in [1.165, 1.54) is 10.4 Å². The van der Waals surface area contributed by atoms with Crippen LogP contribution in [0.15, 0.2) is 45.9 Å². The second kappa shape index (κ2) is 9.36. The Morgan fingerprint density at radius 1 is 1.21 bits per heavy atom. The molecule has 1 amide bonds. The fourth-order valence-electron chi connectivity index (χ4n) is 2.89. The average molecular weight is 408 g/mol. The van der Waals surface area contributed by atoms with E-state index < -0.39 is 16.1 Å². The summed E-state index contributed by atoms with van der Waals surface area (Å²) in [4.78, 5) is 14.7. The van der Waals surface area contributed by atoms with Crippen LogP contribution in [0.5, 0.6) is 0 Å². The number of carbonyl (C=O) groups excluding carboxylic acids is 1. The molecule has 0 aliphatic heterocycles. The molecule has 2 aromatic rings. The number of nitrogens with zero attached hydrogens (tertiary/aromatic N) is 2. The van der Waals surface area contributed by atoms with E-state index in [9.17, 15) is 13.2 Å². The minimum absolute atomic E-state index is 0.214. The van der Waals surface area contributed by atoms with Crippen LogP contribution in [0.2, 0.25) is 0 Å². The molecule has 0 saturated heterocycles. The van der Waals surface area contributed by atoms with E-state index in [2.05, 4.69) is 5.32 Å². The summed E-state index contributed by atoms with van der Waals surface area (Å²) < 4.78 is 32.5. The van der Waals surface area contributed by atoms with Crippen LogP contribution in [0, 0.1) is 6.92 Å². The number of rotatable bonds is 9. The normalized spacial score (nSPS) is 13.1. The van der Waals surface area contributed by atoms with Crippen molar-refractivity contribution in [3.05, 3.63) is 47.9 Å². The van der Waals surface area contributed by atoms with Crippen molar-refractivity contribution in [2.45, 2.75) is 45.2 Å². The van der Waals surface area contributed by atoms with Gasteiger partial charge in [0.15, 0.2) is 0 Å². The Bertz CT molecular complexity index is 890. The molecule has 1 N–H and O–H groups in total. The molecule has 0 fully saturated rings. The smallest absolute Gasteiger partial charge is 0.243 e. The number of hydrogen-bond acceptors (Lipinski definition) is 5. The van der Waals surface area contributed by atoms with Crippen molar-refractivity contribution in [3.63, 3.8) is 0 Å². The van der Waals surface area contributed by atoms with Crippen molar-refractivity contribution < 1.29 is 17.6 Å². The lowest BCUT2D eigenvalue weighted by Crippen LogP contribution is -2.39. The third-order valence-corrected chi connectivity index (χ3v) is 7.00. The molecule has 28 heavy (non-hydrogen) atoms. The Balaban J connectivity index is 2.17. The second-order valence-electron chi connectivity index (χ2n) is 6.73. The van der Waals surface area contributed by atoms with Gasteiger partial charge in [-0.25, -0.2) is 8.42 Å². The van der Waals surface area contributed by atoms with Crippen LogP contribution in [0.25, 0.3) is 0 Å². The third-order valence-electron chi connectivity index (χ3n) is 4.80. The zero-order valence-corrected chi connectivity index (χ0v) is 17.9. The van der Waals surface area contributed by atoms with Gasteiger partial charge in [-0.1, -0.05) is 19.9 Å². The predicted molar refractivity (Wildman–Crippen MR) is 110 cm³/mol. The third kappa shape index (κ3) is 5.01. The van der Waals surface area contributed by atoms with E-state index in [0.29, 0.717) is 30.9 Å². The minimum atomic E-state index is -3.60. The van der Waals surface area contributed by atoms with Gasteiger partial charge in [-0.15, -0.1) is 0 Å². The number of anilines is 1. The summed E-state index contributed by atoms with van der Waals surface area (Å²) in [5, 5.41) is 2.82.